The van der Waals surface area contributed by atoms with Gasteiger partial charge in [0.1, 0.15) is 5.75 Å². The van der Waals surface area contributed by atoms with E-state index in [2.05, 4.69) is 10.6 Å². The Kier molecular flexibility index (Phi) is 6.73. The molecule has 0 saturated carbocycles. The van der Waals surface area contributed by atoms with Crippen molar-refractivity contribution in [3.63, 3.8) is 0 Å². The van der Waals surface area contributed by atoms with Crippen molar-refractivity contribution >= 4 is 23.5 Å². The first-order valence-corrected chi connectivity index (χ1v) is 7.92. The molecule has 2 N–H and O–H groups in total. The van der Waals surface area contributed by atoms with Crippen molar-refractivity contribution in [2.75, 3.05) is 19.0 Å². The third-order valence-electron chi connectivity index (χ3n) is 3.38. The van der Waals surface area contributed by atoms with Gasteiger partial charge in [0.25, 0.3) is 5.91 Å². The second-order valence-corrected chi connectivity index (χ2v) is 5.47. The molecule has 0 aliphatic carbocycles. The molecule has 2 rings (SSSR count). The molecule has 136 valence electrons. The summed E-state index contributed by atoms with van der Waals surface area (Å²) in [6.45, 7) is 1.27. The zero-order valence-electron chi connectivity index (χ0n) is 14.6. The molecule has 0 bridgehead atoms. The van der Waals surface area contributed by atoms with Gasteiger partial charge in [0, 0.05) is 19.2 Å². The van der Waals surface area contributed by atoms with E-state index in [1.54, 1.807) is 31.4 Å². The van der Waals surface area contributed by atoms with Crippen LogP contribution in [0.3, 0.4) is 0 Å². The Morgan fingerprint density at radius 2 is 1.81 bits per heavy atom. The van der Waals surface area contributed by atoms with Crippen LogP contribution in [-0.2, 0) is 20.9 Å². The number of anilines is 1. The maximum absolute atomic E-state index is 12.0. The van der Waals surface area contributed by atoms with Gasteiger partial charge >= 0.3 is 5.97 Å². The number of rotatable bonds is 7. The quantitative estimate of drug-likeness (QED) is 0.741. The fourth-order valence-corrected chi connectivity index (χ4v) is 2.18. The highest BCUT2D eigenvalue weighted by molar-refractivity contribution is 5.94. The van der Waals surface area contributed by atoms with E-state index in [9.17, 15) is 14.4 Å². The number of benzene rings is 2. The molecule has 0 heterocycles. The third-order valence-corrected chi connectivity index (χ3v) is 3.38. The average molecular weight is 356 g/mol. The van der Waals surface area contributed by atoms with Crippen molar-refractivity contribution < 1.29 is 23.9 Å². The monoisotopic (exact) mass is 356 g/mol. The molecule has 0 aliphatic rings. The molecule has 0 aromatic heterocycles. The number of esters is 1. The zero-order valence-corrected chi connectivity index (χ0v) is 14.6. The second-order valence-electron chi connectivity index (χ2n) is 5.47. The van der Waals surface area contributed by atoms with E-state index in [-0.39, 0.29) is 11.5 Å². The van der Waals surface area contributed by atoms with E-state index in [0.29, 0.717) is 18.0 Å². The van der Waals surface area contributed by atoms with Crippen LogP contribution in [0.1, 0.15) is 22.8 Å². The molecule has 0 saturated heterocycles. The SMILES string of the molecule is COc1cccc(CNC(=O)COC(=O)c2cccc(NC(C)=O)c2)c1. The van der Waals surface area contributed by atoms with Crippen molar-refractivity contribution in [3.8, 4) is 5.75 Å². The molecule has 2 aromatic rings. The average Bonchev–Trinajstić information content (AvgIpc) is 2.64. The Bertz CT molecular complexity index is 804. The summed E-state index contributed by atoms with van der Waals surface area (Å²) in [4.78, 5) is 34.9. The number of hydrogen-bond acceptors (Lipinski definition) is 5. The fourth-order valence-electron chi connectivity index (χ4n) is 2.18. The zero-order chi connectivity index (χ0) is 18.9. The Morgan fingerprint density at radius 1 is 1.04 bits per heavy atom. The summed E-state index contributed by atoms with van der Waals surface area (Å²) < 4.78 is 10.1. The molecule has 7 nitrogen and oxygen atoms in total. The molecule has 0 atom stereocenters. The molecule has 26 heavy (non-hydrogen) atoms. The Hall–Kier alpha value is -3.35. The first kappa shape index (κ1) is 19.0. The first-order valence-electron chi connectivity index (χ1n) is 7.92. The van der Waals surface area contributed by atoms with Crippen LogP contribution in [-0.4, -0.2) is 31.5 Å². The van der Waals surface area contributed by atoms with Gasteiger partial charge in [-0.2, -0.15) is 0 Å². The molecule has 0 unspecified atom stereocenters. The summed E-state index contributed by atoms with van der Waals surface area (Å²) in [6, 6.07) is 13.6. The number of amides is 2. The van der Waals surface area contributed by atoms with E-state index in [4.69, 9.17) is 9.47 Å². The molecule has 2 aromatic carbocycles. The fraction of sp³-hybridized carbons (Fsp3) is 0.211. The molecular weight excluding hydrogens is 336 g/mol. The maximum atomic E-state index is 12.0. The van der Waals surface area contributed by atoms with E-state index < -0.39 is 18.5 Å². The molecule has 2 amide bonds. The summed E-state index contributed by atoms with van der Waals surface area (Å²) in [5.74, 6) is -0.609. The van der Waals surface area contributed by atoms with Gasteiger partial charge in [0.05, 0.1) is 12.7 Å². The smallest absolute Gasteiger partial charge is 0.338 e. The summed E-state index contributed by atoms with van der Waals surface area (Å²) in [7, 11) is 1.57. The lowest BCUT2D eigenvalue weighted by Crippen LogP contribution is -2.28. The van der Waals surface area contributed by atoms with Crippen LogP contribution in [0.4, 0.5) is 5.69 Å². The Labute approximate surface area is 151 Å². The van der Waals surface area contributed by atoms with Crippen molar-refractivity contribution in [1.82, 2.24) is 5.32 Å². The molecular formula is C19H20N2O5. The lowest BCUT2D eigenvalue weighted by atomic mass is 10.2. The van der Waals surface area contributed by atoms with Crippen LogP contribution in [0.5, 0.6) is 5.75 Å². The van der Waals surface area contributed by atoms with E-state index >= 15 is 0 Å². The molecule has 0 radical (unpaired) electrons. The minimum absolute atomic E-state index is 0.243. The van der Waals surface area contributed by atoms with Gasteiger partial charge < -0.3 is 20.1 Å². The van der Waals surface area contributed by atoms with Crippen LogP contribution in [0.15, 0.2) is 48.5 Å². The van der Waals surface area contributed by atoms with Crippen LogP contribution >= 0.6 is 0 Å². The minimum atomic E-state index is -0.645. The minimum Gasteiger partial charge on any atom is -0.497 e. The summed E-state index contributed by atoms with van der Waals surface area (Å²) >= 11 is 0. The lowest BCUT2D eigenvalue weighted by molar-refractivity contribution is -0.124. The predicted molar refractivity (Wildman–Crippen MR) is 95.9 cm³/mol. The lowest BCUT2D eigenvalue weighted by Gasteiger charge is -2.08. The third kappa shape index (κ3) is 5.94. The topological polar surface area (TPSA) is 93.7 Å². The first-order chi connectivity index (χ1) is 12.5. The highest BCUT2D eigenvalue weighted by Crippen LogP contribution is 2.13. The van der Waals surface area contributed by atoms with Crippen molar-refractivity contribution in [3.05, 3.63) is 59.7 Å². The van der Waals surface area contributed by atoms with Crippen molar-refractivity contribution in [2.24, 2.45) is 0 Å². The second kappa shape index (κ2) is 9.22. The van der Waals surface area contributed by atoms with Crippen LogP contribution in [0, 0.1) is 0 Å². The van der Waals surface area contributed by atoms with Gasteiger partial charge in [-0.05, 0) is 35.9 Å². The van der Waals surface area contributed by atoms with Crippen molar-refractivity contribution in [1.29, 1.82) is 0 Å². The summed E-state index contributed by atoms with van der Waals surface area (Å²) in [5, 5.41) is 5.24. The molecule has 7 heteroatoms. The molecule has 0 aliphatic heterocycles. The number of ether oxygens (including phenoxy) is 2. The van der Waals surface area contributed by atoms with Gasteiger partial charge in [0.15, 0.2) is 6.61 Å². The number of carbonyl (C=O) groups excluding carboxylic acids is 3. The normalized spacial score (nSPS) is 9.92. The maximum Gasteiger partial charge on any atom is 0.338 e. The van der Waals surface area contributed by atoms with Gasteiger partial charge in [-0.3, -0.25) is 9.59 Å². The van der Waals surface area contributed by atoms with Crippen LogP contribution in [0.2, 0.25) is 0 Å². The summed E-state index contributed by atoms with van der Waals surface area (Å²) in [6.07, 6.45) is 0. The molecule has 0 spiro atoms. The van der Waals surface area contributed by atoms with E-state index in [0.717, 1.165) is 5.56 Å². The number of methoxy groups -OCH3 is 1. The number of hydrogen-bond donors (Lipinski definition) is 2. The van der Waals surface area contributed by atoms with Gasteiger partial charge in [0.2, 0.25) is 5.91 Å². The van der Waals surface area contributed by atoms with E-state index in [1.165, 1.54) is 13.0 Å². The van der Waals surface area contributed by atoms with E-state index in [1.807, 2.05) is 18.2 Å². The highest BCUT2D eigenvalue weighted by atomic mass is 16.5. The van der Waals surface area contributed by atoms with Crippen LogP contribution < -0.4 is 15.4 Å². The Morgan fingerprint density at radius 3 is 2.54 bits per heavy atom. The number of nitrogens with one attached hydrogen (secondary N) is 2. The predicted octanol–water partition coefficient (Wildman–Crippen LogP) is 2.13. The highest BCUT2D eigenvalue weighted by Gasteiger charge is 2.11. The van der Waals surface area contributed by atoms with Gasteiger partial charge in [-0.15, -0.1) is 0 Å². The summed E-state index contributed by atoms with van der Waals surface area (Å²) in [5.41, 5.74) is 1.60. The van der Waals surface area contributed by atoms with Crippen LogP contribution in [0.25, 0.3) is 0 Å². The number of carbonyl (C=O) groups is 3. The van der Waals surface area contributed by atoms with Gasteiger partial charge in [-0.25, -0.2) is 4.79 Å². The van der Waals surface area contributed by atoms with Gasteiger partial charge in [-0.1, -0.05) is 18.2 Å². The van der Waals surface area contributed by atoms with Crippen molar-refractivity contribution in [2.45, 2.75) is 13.5 Å². The molecule has 0 fully saturated rings. The Balaban J connectivity index is 1.83. The standard InChI is InChI=1S/C19H20N2O5/c1-13(22)21-16-7-4-6-15(10-16)19(24)26-12-18(23)20-11-14-5-3-8-17(9-14)25-2/h3-10H,11-12H2,1-2H3,(H,20,23)(H,21,22). The largest absolute Gasteiger partial charge is 0.497 e.